The molecule has 1 heterocycles. The van der Waals surface area contributed by atoms with Gasteiger partial charge in [-0.15, -0.1) is 5.14 Å². The number of aryl methyl sites for hydroxylation is 1. The van der Waals surface area contributed by atoms with Gasteiger partial charge in [-0.05, 0) is 11.3 Å². The van der Waals surface area contributed by atoms with Gasteiger partial charge in [-0.1, -0.05) is 0 Å². The normalized spacial score (nSPS) is 12.0. The van der Waals surface area contributed by atoms with Crippen LogP contribution < -0.4 is 5.14 Å². The fraction of sp³-hybridized carbons (Fsp3) is 0.250. The molecule has 1 aromatic rings. The Balaban J connectivity index is 3.04. The van der Waals surface area contributed by atoms with Crippen molar-refractivity contribution < 1.29 is 0 Å². The molecule has 38 valence electrons. The van der Waals surface area contributed by atoms with Gasteiger partial charge in [0.15, 0.2) is 16.2 Å². The number of hydrogen-bond donors (Lipinski definition) is 1. The molecule has 0 saturated heterocycles. The Morgan fingerprint density at radius 3 is 2.71 bits per heavy atom. The maximum atomic E-state index is 5.38. The summed E-state index contributed by atoms with van der Waals surface area (Å²) in [5.41, 5.74) is 1.03. The molecule has 2 N–H and O–H groups in total. The largest absolute Gasteiger partial charge is 0.187 e. The number of rotatable bonds is 0. The van der Waals surface area contributed by atoms with Crippen molar-refractivity contribution in [3.63, 3.8) is 0 Å². The van der Waals surface area contributed by atoms with E-state index >= 15 is 0 Å². The molecule has 0 aromatic carbocycles. The molecule has 0 spiro atoms. The van der Waals surface area contributed by atoms with Gasteiger partial charge in [-0.2, -0.15) is 0 Å². The molecule has 1 aromatic heterocycles. The predicted octanol–water partition coefficient (Wildman–Crippen LogP) is 0.853. The molecule has 2 nitrogen and oxygen atoms in total. The Bertz CT molecular complexity index is 142. The molecule has 0 amide bonds. The molecule has 0 aliphatic heterocycles. The van der Waals surface area contributed by atoms with E-state index in [1.807, 2.05) is 18.4 Å². The second kappa shape index (κ2) is 1.60. The molecule has 7 heavy (non-hydrogen) atoms. The summed E-state index contributed by atoms with van der Waals surface area (Å²) in [4.78, 5) is 0. The highest BCUT2D eigenvalue weighted by atomic mass is 32.2. The average Bonchev–Trinajstić information content (AvgIpc) is 1.87. The minimum Gasteiger partial charge on any atom is -0.109 e. The Morgan fingerprint density at radius 2 is 2.57 bits per heavy atom. The molecule has 0 aliphatic rings. The van der Waals surface area contributed by atoms with Crippen LogP contribution in [0.1, 0.15) is 5.69 Å². The highest BCUT2D eigenvalue weighted by Crippen LogP contribution is 2.03. The first kappa shape index (κ1) is 4.74. The van der Waals surface area contributed by atoms with E-state index in [9.17, 15) is 0 Å². The van der Waals surface area contributed by atoms with Crippen molar-refractivity contribution in [2.75, 3.05) is 5.14 Å². The van der Waals surface area contributed by atoms with Crippen LogP contribution in [0.4, 0.5) is 0 Å². The predicted molar refractivity (Wildman–Crippen MR) is 31.6 cm³/mol. The van der Waals surface area contributed by atoms with Crippen LogP contribution in [0.5, 0.6) is 0 Å². The fourth-order valence-electron chi connectivity index (χ4n) is 0.395. The van der Waals surface area contributed by atoms with Crippen LogP contribution in [0.3, 0.4) is 0 Å². The third kappa shape index (κ3) is 0.976. The monoisotopic (exact) mass is 115 g/mol. The molecular weight excluding hydrogens is 108 g/mol. The van der Waals surface area contributed by atoms with E-state index in [2.05, 4.69) is 4.37 Å². The van der Waals surface area contributed by atoms with Crippen molar-refractivity contribution in [2.45, 2.75) is 6.92 Å². The summed E-state index contributed by atoms with van der Waals surface area (Å²) in [6.07, 6.45) is 0. The lowest BCUT2D eigenvalue weighted by atomic mass is 10.5. The van der Waals surface area contributed by atoms with Crippen molar-refractivity contribution in [3.8, 4) is 0 Å². The molecule has 1 unspecified atom stereocenters. The van der Waals surface area contributed by atoms with Crippen LogP contribution in [0.2, 0.25) is 0 Å². The van der Waals surface area contributed by atoms with Crippen molar-refractivity contribution in [2.24, 2.45) is 0 Å². The van der Waals surface area contributed by atoms with E-state index < -0.39 is 0 Å². The van der Waals surface area contributed by atoms with Gasteiger partial charge in [-0.25, -0.2) is 0 Å². The zero-order valence-corrected chi connectivity index (χ0v) is 4.90. The summed E-state index contributed by atoms with van der Waals surface area (Å²) in [7, 11) is -0.296. The van der Waals surface area contributed by atoms with Crippen molar-refractivity contribution in [1.82, 2.24) is 4.37 Å². The standard InChI is InChI=1S/C4H6N2S/c1-4-2-3-7(5)6-4/h2-3,5H,1H3/p+1. The first-order valence-electron chi connectivity index (χ1n) is 2.00. The Labute approximate surface area is 45.2 Å². The number of nitrogen functional groups attached to an aromatic ring is 1. The van der Waals surface area contributed by atoms with Crippen LogP contribution in [-0.4, -0.2) is 4.37 Å². The highest BCUT2D eigenvalue weighted by molar-refractivity contribution is 7.24. The lowest BCUT2D eigenvalue weighted by Crippen LogP contribution is -1.77. The van der Waals surface area contributed by atoms with Gasteiger partial charge in [0.2, 0.25) is 0 Å². The molecule has 0 fully saturated rings. The van der Waals surface area contributed by atoms with Crippen molar-refractivity contribution in [3.05, 3.63) is 17.1 Å². The van der Waals surface area contributed by atoms with Crippen LogP contribution in [0, 0.1) is 6.92 Å². The number of hydrogen-bond acceptors (Lipinski definition) is 2. The second-order valence-corrected chi connectivity index (χ2v) is 2.53. The highest BCUT2D eigenvalue weighted by Gasteiger charge is 1.96. The van der Waals surface area contributed by atoms with Crippen molar-refractivity contribution in [1.29, 1.82) is 0 Å². The minimum absolute atomic E-state index is 0.296. The van der Waals surface area contributed by atoms with Gasteiger partial charge in [0, 0.05) is 6.07 Å². The maximum Gasteiger partial charge on any atom is 0.187 e. The van der Waals surface area contributed by atoms with Crippen LogP contribution in [0.25, 0.3) is 0 Å². The quantitative estimate of drug-likeness (QED) is 0.509. The van der Waals surface area contributed by atoms with E-state index in [0.29, 0.717) is 0 Å². The van der Waals surface area contributed by atoms with Crippen LogP contribution >= 0.6 is 10.9 Å². The zero-order chi connectivity index (χ0) is 5.28. The lowest BCUT2D eigenvalue weighted by Gasteiger charge is -1.61. The SMILES string of the molecule is Cc1cc[s+](N)n1. The Hall–Kier alpha value is -0.410. The number of nitrogens with two attached hydrogens (primary N) is 1. The minimum atomic E-state index is -0.296. The van der Waals surface area contributed by atoms with Gasteiger partial charge < -0.3 is 0 Å². The Morgan fingerprint density at radius 1 is 1.86 bits per heavy atom. The Kier molecular flexibility index (Phi) is 1.08. The molecule has 0 aliphatic carbocycles. The summed E-state index contributed by atoms with van der Waals surface area (Å²) in [6, 6.07) is 1.93. The van der Waals surface area contributed by atoms with Crippen LogP contribution in [0.15, 0.2) is 11.4 Å². The molecule has 0 radical (unpaired) electrons. The van der Waals surface area contributed by atoms with Gasteiger partial charge in [0.25, 0.3) is 0 Å². The van der Waals surface area contributed by atoms with E-state index in [4.69, 9.17) is 5.14 Å². The summed E-state index contributed by atoms with van der Waals surface area (Å²) in [5, 5.41) is 7.28. The van der Waals surface area contributed by atoms with E-state index in [-0.39, 0.29) is 10.9 Å². The summed E-state index contributed by atoms with van der Waals surface area (Å²) in [6.45, 7) is 1.94. The second-order valence-electron chi connectivity index (χ2n) is 1.38. The summed E-state index contributed by atoms with van der Waals surface area (Å²) < 4.78 is 4.00. The van der Waals surface area contributed by atoms with E-state index in [1.165, 1.54) is 0 Å². The van der Waals surface area contributed by atoms with Gasteiger partial charge in [-0.3, -0.25) is 0 Å². The topological polar surface area (TPSA) is 38.9 Å². The third-order valence-corrected chi connectivity index (χ3v) is 1.61. The van der Waals surface area contributed by atoms with Crippen molar-refractivity contribution >= 4 is 10.9 Å². The molecule has 0 bridgehead atoms. The van der Waals surface area contributed by atoms with E-state index in [1.54, 1.807) is 0 Å². The van der Waals surface area contributed by atoms with Crippen LogP contribution in [-0.2, 0) is 0 Å². The third-order valence-electron chi connectivity index (χ3n) is 0.698. The van der Waals surface area contributed by atoms with Gasteiger partial charge in [0.05, 0.1) is 0 Å². The first-order valence-corrected chi connectivity index (χ1v) is 3.31. The lowest BCUT2D eigenvalue weighted by molar-refractivity contribution is 1.34. The molecule has 1 atom stereocenters. The molecular formula is C4H7N2S+. The fourth-order valence-corrected chi connectivity index (χ4v) is 1.19. The van der Waals surface area contributed by atoms with E-state index in [0.717, 1.165) is 5.69 Å². The zero-order valence-electron chi connectivity index (χ0n) is 4.09. The smallest absolute Gasteiger partial charge is 0.109 e. The number of aromatic nitrogens is 1. The van der Waals surface area contributed by atoms with Gasteiger partial charge >= 0.3 is 0 Å². The number of nitrogens with zero attached hydrogens (tertiary/aromatic N) is 1. The summed E-state index contributed by atoms with van der Waals surface area (Å²) in [5.74, 6) is 0. The molecule has 3 heteroatoms. The average molecular weight is 115 g/mol. The maximum absolute atomic E-state index is 5.38. The summed E-state index contributed by atoms with van der Waals surface area (Å²) >= 11 is 0. The molecule has 0 saturated carbocycles. The van der Waals surface area contributed by atoms with Gasteiger partial charge in [0.1, 0.15) is 5.69 Å². The molecule has 1 rings (SSSR count). The first-order chi connectivity index (χ1) is 3.29.